The molecule has 0 aliphatic carbocycles. The monoisotopic (exact) mass is 287 g/mol. The number of benzene rings is 2. The fraction of sp³-hybridized carbons (Fsp3) is 0.125. The molecule has 0 saturated heterocycles. The van der Waals surface area contributed by atoms with Crippen molar-refractivity contribution >= 4 is 11.9 Å². The molecular weight excluding hydrogens is 273 g/mol. The van der Waals surface area contributed by atoms with E-state index in [4.69, 9.17) is 5.11 Å². The van der Waals surface area contributed by atoms with Crippen LogP contribution in [0.5, 0.6) is 0 Å². The largest absolute Gasteiger partial charge is 0.478 e. The van der Waals surface area contributed by atoms with Crippen molar-refractivity contribution in [3.05, 3.63) is 71.0 Å². The summed E-state index contributed by atoms with van der Waals surface area (Å²) in [6.45, 7) is 0.391. The number of carbonyl (C=O) groups is 2. The third-order valence-electron chi connectivity index (χ3n) is 2.98. The van der Waals surface area contributed by atoms with Crippen LogP contribution in [-0.2, 0) is 6.42 Å². The van der Waals surface area contributed by atoms with Gasteiger partial charge in [0.05, 0.1) is 5.56 Å². The number of hydrogen-bond donors (Lipinski definition) is 2. The van der Waals surface area contributed by atoms with E-state index in [-0.39, 0.29) is 17.3 Å². The fourth-order valence-electron chi connectivity index (χ4n) is 1.87. The van der Waals surface area contributed by atoms with Crippen LogP contribution >= 0.6 is 0 Å². The van der Waals surface area contributed by atoms with Crippen LogP contribution in [0.1, 0.15) is 26.3 Å². The third kappa shape index (κ3) is 4.14. The maximum atomic E-state index is 12.7. The number of carbonyl (C=O) groups excluding carboxylic acids is 1. The molecule has 2 aromatic rings. The van der Waals surface area contributed by atoms with E-state index in [2.05, 4.69) is 5.32 Å². The first-order chi connectivity index (χ1) is 10.1. The number of aromatic carboxylic acids is 1. The van der Waals surface area contributed by atoms with E-state index in [1.54, 1.807) is 18.2 Å². The van der Waals surface area contributed by atoms with Crippen molar-refractivity contribution in [3.63, 3.8) is 0 Å². The molecule has 108 valence electrons. The molecule has 0 aromatic heterocycles. The quantitative estimate of drug-likeness (QED) is 0.888. The van der Waals surface area contributed by atoms with Gasteiger partial charge in [0, 0.05) is 12.1 Å². The number of carboxylic acid groups (broad SMARTS) is 1. The van der Waals surface area contributed by atoms with Gasteiger partial charge in [-0.3, -0.25) is 4.79 Å². The highest BCUT2D eigenvalue weighted by Gasteiger charge is 2.08. The molecule has 0 spiro atoms. The molecule has 0 radical (unpaired) electrons. The summed E-state index contributed by atoms with van der Waals surface area (Å²) >= 11 is 0. The maximum Gasteiger partial charge on any atom is 0.335 e. The summed E-state index contributed by atoms with van der Waals surface area (Å²) < 4.78 is 12.7. The molecule has 0 aliphatic rings. The van der Waals surface area contributed by atoms with Gasteiger partial charge in [-0.05, 0) is 42.3 Å². The number of carboxylic acids is 1. The summed E-state index contributed by atoms with van der Waals surface area (Å²) in [5.41, 5.74) is 1.28. The van der Waals surface area contributed by atoms with Crippen LogP contribution < -0.4 is 5.32 Å². The Morgan fingerprint density at radius 1 is 1.05 bits per heavy atom. The summed E-state index contributed by atoms with van der Waals surface area (Å²) in [5.74, 6) is -1.70. The Kier molecular flexibility index (Phi) is 4.66. The zero-order valence-electron chi connectivity index (χ0n) is 11.2. The van der Waals surface area contributed by atoms with Crippen molar-refractivity contribution in [1.29, 1.82) is 0 Å². The number of hydrogen-bond acceptors (Lipinski definition) is 2. The first kappa shape index (κ1) is 14.7. The Bertz CT molecular complexity index is 653. The average Bonchev–Trinajstić information content (AvgIpc) is 2.49. The molecule has 0 atom stereocenters. The van der Waals surface area contributed by atoms with Gasteiger partial charge in [0.2, 0.25) is 0 Å². The van der Waals surface area contributed by atoms with E-state index in [1.807, 2.05) is 0 Å². The van der Waals surface area contributed by atoms with E-state index >= 15 is 0 Å². The van der Waals surface area contributed by atoms with Gasteiger partial charge in [-0.15, -0.1) is 0 Å². The zero-order valence-corrected chi connectivity index (χ0v) is 11.2. The molecule has 2 N–H and O–H groups in total. The van der Waals surface area contributed by atoms with Gasteiger partial charge < -0.3 is 10.4 Å². The van der Waals surface area contributed by atoms with Gasteiger partial charge in [-0.2, -0.15) is 0 Å². The van der Waals surface area contributed by atoms with Gasteiger partial charge in [0.15, 0.2) is 0 Å². The van der Waals surface area contributed by atoms with Crippen LogP contribution in [0.3, 0.4) is 0 Å². The van der Waals surface area contributed by atoms with E-state index < -0.39 is 5.97 Å². The van der Waals surface area contributed by atoms with Crippen LogP contribution in [0.4, 0.5) is 4.39 Å². The average molecular weight is 287 g/mol. The molecule has 2 rings (SSSR count). The van der Waals surface area contributed by atoms with Crippen molar-refractivity contribution < 1.29 is 19.1 Å². The zero-order chi connectivity index (χ0) is 15.2. The first-order valence-electron chi connectivity index (χ1n) is 6.42. The second-order valence-corrected chi connectivity index (χ2v) is 4.52. The number of halogens is 1. The minimum Gasteiger partial charge on any atom is -0.478 e. The van der Waals surface area contributed by atoms with Crippen LogP contribution in [0, 0.1) is 5.82 Å². The lowest BCUT2D eigenvalue weighted by molar-refractivity contribution is 0.0697. The Balaban J connectivity index is 1.91. The smallest absolute Gasteiger partial charge is 0.335 e. The predicted molar refractivity (Wildman–Crippen MR) is 75.8 cm³/mol. The number of nitrogens with one attached hydrogen (secondary N) is 1. The summed E-state index contributed by atoms with van der Waals surface area (Å²) in [6, 6.07) is 11.9. The molecule has 4 nitrogen and oxygen atoms in total. The molecular formula is C16H14FNO3. The standard InChI is InChI=1S/C16H14FNO3/c17-14-6-4-11(5-7-14)8-9-18-15(19)12-2-1-3-13(10-12)16(20)21/h1-7,10H,8-9H2,(H,18,19)(H,20,21). The molecule has 0 saturated carbocycles. The highest BCUT2D eigenvalue weighted by molar-refractivity contribution is 5.97. The maximum absolute atomic E-state index is 12.7. The van der Waals surface area contributed by atoms with Gasteiger partial charge >= 0.3 is 5.97 Å². The van der Waals surface area contributed by atoms with Crippen molar-refractivity contribution in [2.24, 2.45) is 0 Å². The lowest BCUT2D eigenvalue weighted by Gasteiger charge is -2.06. The molecule has 1 amide bonds. The molecule has 0 aliphatic heterocycles. The Morgan fingerprint density at radius 2 is 1.71 bits per heavy atom. The Morgan fingerprint density at radius 3 is 2.38 bits per heavy atom. The Hall–Kier alpha value is -2.69. The summed E-state index contributed by atoms with van der Waals surface area (Å²) in [6.07, 6.45) is 0.574. The van der Waals surface area contributed by atoms with Gasteiger partial charge in [0.1, 0.15) is 5.82 Å². The predicted octanol–water partition coefficient (Wildman–Crippen LogP) is 2.50. The number of rotatable bonds is 5. The van der Waals surface area contributed by atoms with E-state index in [0.29, 0.717) is 18.5 Å². The van der Waals surface area contributed by atoms with Crippen LogP contribution in [0.15, 0.2) is 48.5 Å². The molecule has 21 heavy (non-hydrogen) atoms. The first-order valence-corrected chi connectivity index (χ1v) is 6.42. The SMILES string of the molecule is O=C(O)c1cccc(C(=O)NCCc2ccc(F)cc2)c1. The van der Waals surface area contributed by atoms with Gasteiger partial charge in [0.25, 0.3) is 5.91 Å². The second-order valence-electron chi connectivity index (χ2n) is 4.52. The van der Waals surface area contributed by atoms with E-state index in [1.165, 1.54) is 30.3 Å². The molecule has 5 heteroatoms. The highest BCUT2D eigenvalue weighted by Crippen LogP contribution is 2.06. The fourth-order valence-corrected chi connectivity index (χ4v) is 1.87. The summed E-state index contributed by atoms with van der Waals surface area (Å²) in [5, 5.41) is 11.6. The normalized spacial score (nSPS) is 10.1. The van der Waals surface area contributed by atoms with E-state index in [9.17, 15) is 14.0 Å². The summed E-state index contributed by atoms with van der Waals surface area (Å²) in [7, 11) is 0. The minimum atomic E-state index is -1.07. The second kappa shape index (κ2) is 6.65. The van der Waals surface area contributed by atoms with Crippen LogP contribution in [0.2, 0.25) is 0 Å². The van der Waals surface area contributed by atoms with Gasteiger partial charge in [-0.25, -0.2) is 9.18 Å². The molecule has 0 unspecified atom stereocenters. The molecule has 0 heterocycles. The molecule has 0 bridgehead atoms. The Labute approximate surface area is 121 Å². The lowest BCUT2D eigenvalue weighted by Crippen LogP contribution is -2.25. The van der Waals surface area contributed by atoms with E-state index in [0.717, 1.165) is 5.56 Å². The lowest BCUT2D eigenvalue weighted by atomic mass is 10.1. The van der Waals surface area contributed by atoms with Crippen molar-refractivity contribution in [3.8, 4) is 0 Å². The molecule has 0 fully saturated rings. The van der Waals surface area contributed by atoms with Crippen molar-refractivity contribution in [1.82, 2.24) is 5.32 Å². The van der Waals surface area contributed by atoms with Crippen LogP contribution in [-0.4, -0.2) is 23.5 Å². The topological polar surface area (TPSA) is 66.4 Å². The third-order valence-corrected chi connectivity index (χ3v) is 2.98. The summed E-state index contributed by atoms with van der Waals surface area (Å²) in [4.78, 5) is 22.7. The minimum absolute atomic E-state index is 0.0705. The van der Waals surface area contributed by atoms with Crippen LogP contribution in [0.25, 0.3) is 0 Å². The van der Waals surface area contributed by atoms with Crippen molar-refractivity contribution in [2.45, 2.75) is 6.42 Å². The highest BCUT2D eigenvalue weighted by atomic mass is 19.1. The molecule has 2 aromatic carbocycles. The van der Waals surface area contributed by atoms with Gasteiger partial charge in [-0.1, -0.05) is 18.2 Å². The number of amides is 1. The van der Waals surface area contributed by atoms with Crippen molar-refractivity contribution in [2.75, 3.05) is 6.54 Å².